The van der Waals surface area contributed by atoms with Gasteiger partial charge in [0, 0.05) is 16.2 Å². The zero-order valence-corrected chi connectivity index (χ0v) is 16.3. The van der Waals surface area contributed by atoms with Crippen molar-refractivity contribution in [2.24, 2.45) is 0 Å². The standard InChI is InChI=1S/C18H15ClF2O6S/c1-26-17(22)13-6-4-12(20)9-11(13)7-10-3-5-14(18(23)27-2)15(8-10)16(21)28(19,24)25/h3-6,8-9,16H,7H2,1-2H3. The van der Waals surface area contributed by atoms with Crippen LogP contribution in [-0.4, -0.2) is 34.6 Å². The van der Waals surface area contributed by atoms with E-state index in [-0.39, 0.29) is 23.1 Å². The molecule has 0 aliphatic rings. The molecule has 0 aliphatic carbocycles. The maximum atomic E-state index is 14.4. The van der Waals surface area contributed by atoms with Gasteiger partial charge in [0.25, 0.3) is 9.05 Å². The minimum absolute atomic E-state index is 0.0638. The predicted octanol–water partition coefficient (Wildman–Crippen LogP) is 3.53. The number of benzene rings is 2. The van der Waals surface area contributed by atoms with Crippen molar-refractivity contribution in [1.29, 1.82) is 0 Å². The van der Waals surface area contributed by atoms with Crippen molar-refractivity contribution < 1.29 is 36.3 Å². The van der Waals surface area contributed by atoms with Gasteiger partial charge in [-0.3, -0.25) is 0 Å². The van der Waals surface area contributed by atoms with Crippen LogP contribution in [0.25, 0.3) is 0 Å². The minimum atomic E-state index is -4.68. The van der Waals surface area contributed by atoms with E-state index in [1.807, 2.05) is 0 Å². The Kier molecular flexibility index (Phi) is 6.73. The van der Waals surface area contributed by atoms with E-state index in [0.717, 1.165) is 32.4 Å². The van der Waals surface area contributed by atoms with E-state index in [1.54, 1.807) is 0 Å². The third-order valence-electron chi connectivity index (χ3n) is 3.88. The van der Waals surface area contributed by atoms with Crippen LogP contribution in [0.15, 0.2) is 36.4 Å². The van der Waals surface area contributed by atoms with Crippen LogP contribution in [0, 0.1) is 5.82 Å². The van der Waals surface area contributed by atoms with E-state index in [9.17, 15) is 26.8 Å². The number of alkyl halides is 1. The third kappa shape index (κ3) is 4.85. The van der Waals surface area contributed by atoms with Gasteiger partial charge in [-0.25, -0.2) is 26.8 Å². The average molecular weight is 433 g/mol. The average Bonchev–Trinajstić information content (AvgIpc) is 2.65. The molecule has 2 aromatic carbocycles. The molecule has 1 atom stereocenters. The highest BCUT2D eigenvalue weighted by atomic mass is 35.7. The smallest absolute Gasteiger partial charge is 0.338 e. The lowest BCUT2D eigenvalue weighted by Crippen LogP contribution is -2.12. The Morgan fingerprint density at radius 1 is 1.04 bits per heavy atom. The third-order valence-corrected chi connectivity index (χ3v) is 5.10. The Hall–Kier alpha value is -2.52. The molecule has 0 saturated heterocycles. The van der Waals surface area contributed by atoms with Gasteiger partial charge in [-0.15, -0.1) is 0 Å². The summed E-state index contributed by atoms with van der Waals surface area (Å²) in [7, 11) is 2.63. The number of hydrogen-bond acceptors (Lipinski definition) is 6. The molecule has 0 aliphatic heterocycles. The maximum Gasteiger partial charge on any atom is 0.338 e. The predicted molar refractivity (Wildman–Crippen MR) is 96.9 cm³/mol. The molecule has 2 rings (SSSR count). The van der Waals surface area contributed by atoms with E-state index in [4.69, 9.17) is 10.7 Å². The molecule has 0 radical (unpaired) electrons. The summed E-state index contributed by atoms with van der Waals surface area (Å²) in [5, 5.41) is 0. The molecule has 150 valence electrons. The first-order chi connectivity index (χ1) is 13.1. The van der Waals surface area contributed by atoms with Gasteiger partial charge in [0.1, 0.15) is 5.82 Å². The Bertz CT molecular complexity index is 1020. The van der Waals surface area contributed by atoms with Gasteiger partial charge in [-0.05, 0) is 41.8 Å². The van der Waals surface area contributed by atoms with E-state index in [2.05, 4.69) is 9.47 Å². The fourth-order valence-electron chi connectivity index (χ4n) is 2.59. The lowest BCUT2D eigenvalue weighted by Gasteiger charge is -2.13. The van der Waals surface area contributed by atoms with Crippen molar-refractivity contribution in [2.45, 2.75) is 11.9 Å². The molecule has 0 saturated carbocycles. The van der Waals surface area contributed by atoms with Crippen LogP contribution in [0.4, 0.5) is 8.78 Å². The summed E-state index contributed by atoms with van der Waals surface area (Å²) in [5.74, 6) is -2.26. The normalized spacial score (nSPS) is 12.3. The molecule has 0 heterocycles. The van der Waals surface area contributed by atoms with Gasteiger partial charge in [0.15, 0.2) is 0 Å². The van der Waals surface area contributed by atoms with Gasteiger partial charge < -0.3 is 9.47 Å². The first kappa shape index (κ1) is 21.8. The number of ether oxygens (including phenoxy) is 2. The van der Waals surface area contributed by atoms with Crippen LogP contribution in [0.5, 0.6) is 0 Å². The highest BCUT2D eigenvalue weighted by Gasteiger charge is 2.30. The molecule has 1 unspecified atom stereocenters. The first-order valence-electron chi connectivity index (χ1n) is 7.74. The highest BCUT2D eigenvalue weighted by molar-refractivity contribution is 8.13. The SMILES string of the molecule is COC(=O)c1ccc(F)cc1Cc1ccc(C(=O)OC)c(C(F)S(=O)(=O)Cl)c1. The molecule has 0 aromatic heterocycles. The van der Waals surface area contributed by atoms with Crippen molar-refractivity contribution >= 4 is 31.7 Å². The van der Waals surface area contributed by atoms with Crippen molar-refractivity contribution in [1.82, 2.24) is 0 Å². The van der Waals surface area contributed by atoms with E-state index < -0.39 is 37.9 Å². The Balaban J connectivity index is 2.56. The van der Waals surface area contributed by atoms with Crippen LogP contribution >= 0.6 is 10.7 Å². The molecule has 6 nitrogen and oxygen atoms in total. The first-order valence-corrected chi connectivity index (χ1v) is 10.1. The fourth-order valence-corrected chi connectivity index (χ4v) is 3.38. The molecular formula is C18H15ClF2O6S. The number of rotatable bonds is 6. The second-order valence-corrected chi connectivity index (χ2v) is 8.33. The molecule has 0 amide bonds. The second kappa shape index (κ2) is 8.66. The van der Waals surface area contributed by atoms with Crippen LogP contribution in [-0.2, 0) is 24.9 Å². The zero-order chi connectivity index (χ0) is 21.1. The summed E-state index contributed by atoms with van der Waals surface area (Å²) in [6, 6.07) is 7.09. The molecule has 2 aromatic rings. The lowest BCUT2D eigenvalue weighted by molar-refractivity contribution is 0.0590. The van der Waals surface area contributed by atoms with Gasteiger partial charge in [0.05, 0.1) is 25.3 Å². The minimum Gasteiger partial charge on any atom is -0.465 e. The maximum absolute atomic E-state index is 14.4. The van der Waals surface area contributed by atoms with Crippen LogP contribution < -0.4 is 0 Å². The fraction of sp³-hybridized carbons (Fsp3) is 0.222. The topological polar surface area (TPSA) is 86.7 Å². The summed E-state index contributed by atoms with van der Waals surface area (Å²) >= 11 is 0. The molecule has 0 bridgehead atoms. The zero-order valence-electron chi connectivity index (χ0n) is 14.7. The van der Waals surface area contributed by atoms with Crippen molar-refractivity contribution in [2.75, 3.05) is 14.2 Å². The molecule has 0 N–H and O–H groups in total. The van der Waals surface area contributed by atoms with Gasteiger partial charge in [0.2, 0.25) is 5.50 Å². The molecule has 0 spiro atoms. The Morgan fingerprint density at radius 3 is 2.18 bits per heavy atom. The highest BCUT2D eigenvalue weighted by Crippen LogP contribution is 2.32. The Morgan fingerprint density at radius 2 is 1.61 bits per heavy atom. The summed E-state index contributed by atoms with van der Waals surface area (Å²) < 4.78 is 60.0. The number of carbonyl (C=O) groups excluding carboxylic acids is 2. The molecular weight excluding hydrogens is 418 g/mol. The van der Waals surface area contributed by atoms with E-state index in [1.165, 1.54) is 18.2 Å². The van der Waals surface area contributed by atoms with Crippen molar-refractivity contribution in [3.8, 4) is 0 Å². The molecule has 10 heteroatoms. The quantitative estimate of drug-likeness (QED) is 0.512. The number of methoxy groups -OCH3 is 2. The van der Waals surface area contributed by atoms with E-state index >= 15 is 0 Å². The summed E-state index contributed by atoms with van der Waals surface area (Å²) in [4.78, 5) is 23.7. The van der Waals surface area contributed by atoms with Gasteiger partial charge >= 0.3 is 11.9 Å². The number of esters is 2. The van der Waals surface area contributed by atoms with Crippen LogP contribution in [0.2, 0.25) is 0 Å². The largest absolute Gasteiger partial charge is 0.465 e. The van der Waals surface area contributed by atoms with E-state index in [0.29, 0.717) is 5.56 Å². The lowest BCUT2D eigenvalue weighted by atomic mass is 9.96. The molecule has 28 heavy (non-hydrogen) atoms. The van der Waals surface area contributed by atoms with Crippen molar-refractivity contribution in [3.63, 3.8) is 0 Å². The summed E-state index contributed by atoms with van der Waals surface area (Å²) in [6.45, 7) is 0. The van der Waals surface area contributed by atoms with Gasteiger partial charge in [-0.2, -0.15) is 0 Å². The van der Waals surface area contributed by atoms with Crippen LogP contribution in [0.3, 0.4) is 0 Å². The van der Waals surface area contributed by atoms with Gasteiger partial charge in [-0.1, -0.05) is 12.1 Å². The summed E-state index contributed by atoms with van der Waals surface area (Å²) in [5.41, 5.74) is -2.90. The number of carbonyl (C=O) groups is 2. The number of halogens is 3. The monoisotopic (exact) mass is 432 g/mol. The van der Waals surface area contributed by atoms with Crippen LogP contribution in [0.1, 0.15) is 42.9 Å². The summed E-state index contributed by atoms with van der Waals surface area (Å²) in [6.07, 6.45) is -0.0638. The van der Waals surface area contributed by atoms with Crippen molar-refractivity contribution in [3.05, 3.63) is 70.0 Å². The second-order valence-electron chi connectivity index (χ2n) is 5.67. The molecule has 0 fully saturated rings. The Labute approximate surface area is 164 Å². The number of hydrogen-bond donors (Lipinski definition) is 0.